The summed E-state index contributed by atoms with van der Waals surface area (Å²) in [5.74, 6) is 0.183. The van der Waals surface area contributed by atoms with E-state index in [9.17, 15) is 15.0 Å². The van der Waals surface area contributed by atoms with Gasteiger partial charge in [-0.2, -0.15) is 0 Å². The Morgan fingerprint density at radius 2 is 2.27 bits per heavy atom. The van der Waals surface area contributed by atoms with Crippen LogP contribution in [0.15, 0.2) is 28.9 Å². The molecule has 0 aliphatic carbocycles. The molecule has 1 aliphatic rings. The average molecular weight is 309 g/mol. The van der Waals surface area contributed by atoms with Crippen molar-refractivity contribution in [1.82, 2.24) is 4.90 Å². The monoisotopic (exact) mass is 309 g/mol. The SMILES string of the molecule is CCCN(C[C@@H]1COC[C@@H](O)[C@H]1O)C(=O)/C=C/c1ccco1. The summed E-state index contributed by atoms with van der Waals surface area (Å²) in [4.78, 5) is 14.0. The molecule has 2 heterocycles. The van der Waals surface area contributed by atoms with Crippen molar-refractivity contribution in [2.24, 2.45) is 5.92 Å². The molecule has 3 atom stereocenters. The summed E-state index contributed by atoms with van der Waals surface area (Å²) in [5, 5.41) is 19.7. The molecule has 1 amide bonds. The van der Waals surface area contributed by atoms with Gasteiger partial charge in [-0.15, -0.1) is 0 Å². The predicted molar refractivity (Wildman–Crippen MR) is 80.9 cm³/mol. The third-order valence-electron chi connectivity index (χ3n) is 3.69. The minimum Gasteiger partial charge on any atom is -0.465 e. The van der Waals surface area contributed by atoms with Crippen LogP contribution in [0.5, 0.6) is 0 Å². The Morgan fingerprint density at radius 3 is 2.95 bits per heavy atom. The molecule has 0 bridgehead atoms. The molecule has 6 heteroatoms. The van der Waals surface area contributed by atoms with Crippen molar-refractivity contribution in [3.05, 3.63) is 30.2 Å². The van der Waals surface area contributed by atoms with E-state index in [2.05, 4.69) is 0 Å². The molecule has 0 radical (unpaired) electrons. The molecule has 2 rings (SSSR count). The zero-order valence-corrected chi connectivity index (χ0v) is 12.7. The summed E-state index contributed by atoms with van der Waals surface area (Å²) in [6, 6.07) is 3.52. The minimum atomic E-state index is -0.893. The number of amides is 1. The highest BCUT2D eigenvalue weighted by molar-refractivity contribution is 5.91. The van der Waals surface area contributed by atoms with Crippen LogP contribution in [0.3, 0.4) is 0 Å². The highest BCUT2D eigenvalue weighted by atomic mass is 16.5. The maximum atomic E-state index is 12.3. The Kier molecular flexibility index (Phi) is 6.18. The Bertz CT molecular complexity index is 485. The van der Waals surface area contributed by atoms with Gasteiger partial charge in [-0.3, -0.25) is 4.79 Å². The molecule has 2 N–H and O–H groups in total. The van der Waals surface area contributed by atoms with Gasteiger partial charge in [0.05, 0.1) is 25.6 Å². The number of aliphatic hydroxyl groups is 2. The van der Waals surface area contributed by atoms with Gasteiger partial charge in [0.1, 0.15) is 11.9 Å². The number of aliphatic hydroxyl groups excluding tert-OH is 2. The molecule has 1 saturated heterocycles. The van der Waals surface area contributed by atoms with Crippen LogP contribution >= 0.6 is 0 Å². The first kappa shape index (κ1) is 16.7. The highest BCUT2D eigenvalue weighted by Crippen LogP contribution is 2.17. The number of rotatable bonds is 6. The Balaban J connectivity index is 1.97. The first-order valence-corrected chi connectivity index (χ1v) is 7.56. The first-order valence-electron chi connectivity index (χ1n) is 7.56. The zero-order chi connectivity index (χ0) is 15.9. The van der Waals surface area contributed by atoms with E-state index in [0.717, 1.165) is 6.42 Å². The van der Waals surface area contributed by atoms with Crippen molar-refractivity contribution < 1.29 is 24.2 Å². The molecule has 122 valence electrons. The van der Waals surface area contributed by atoms with Gasteiger partial charge in [-0.1, -0.05) is 6.92 Å². The standard InChI is InChI=1S/C16H23NO5/c1-2-7-17(9-12-10-21-11-14(18)16(12)20)15(19)6-5-13-4-3-8-22-13/h3-6,8,12,14,16,18,20H,2,7,9-11H2,1H3/b6-5+/t12-,14-,16+/m1/s1. The van der Waals surface area contributed by atoms with Gasteiger partial charge in [0.2, 0.25) is 5.91 Å². The minimum absolute atomic E-state index is 0.137. The van der Waals surface area contributed by atoms with Gasteiger partial charge >= 0.3 is 0 Å². The van der Waals surface area contributed by atoms with Gasteiger partial charge in [-0.25, -0.2) is 0 Å². The maximum Gasteiger partial charge on any atom is 0.246 e. The largest absolute Gasteiger partial charge is 0.465 e. The van der Waals surface area contributed by atoms with Crippen LogP contribution < -0.4 is 0 Å². The molecular formula is C16H23NO5. The molecule has 0 saturated carbocycles. The molecule has 1 aliphatic heterocycles. The summed E-state index contributed by atoms with van der Waals surface area (Å²) < 4.78 is 10.4. The molecule has 22 heavy (non-hydrogen) atoms. The summed E-state index contributed by atoms with van der Waals surface area (Å²) in [6.45, 7) is 3.40. The maximum absolute atomic E-state index is 12.3. The van der Waals surface area contributed by atoms with Crippen LogP contribution in [0, 0.1) is 5.92 Å². The normalized spacial score (nSPS) is 25.5. The second kappa shape index (κ2) is 8.12. The fraction of sp³-hybridized carbons (Fsp3) is 0.562. The number of furan rings is 1. The van der Waals surface area contributed by atoms with E-state index in [1.165, 1.54) is 6.08 Å². The van der Waals surface area contributed by atoms with Crippen LogP contribution in [0.25, 0.3) is 6.08 Å². The number of carbonyl (C=O) groups is 1. The van der Waals surface area contributed by atoms with E-state index < -0.39 is 12.2 Å². The Labute approximate surface area is 130 Å². The van der Waals surface area contributed by atoms with Crippen molar-refractivity contribution in [3.8, 4) is 0 Å². The molecule has 1 aromatic heterocycles. The van der Waals surface area contributed by atoms with E-state index in [4.69, 9.17) is 9.15 Å². The van der Waals surface area contributed by atoms with Crippen LogP contribution in [0.1, 0.15) is 19.1 Å². The molecular weight excluding hydrogens is 286 g/mol. The second-order valence-electron chi connectivity index (χ2n) is 5.49. The van der Waals surface area contributed by atoms with Crippen molar-refractivity contribution >= 4 is 12.0 Å². The van der Waals surface area contributed by atoms with Gasteiger partial charge < -0.3 is 24.3 Å². The van der Waals surface area contributed by atoms with Gasteiger partial charge in [0.15, 0.2) is 0 Å². The third kappa shape index (κ3) is 4.43. The quantitative estimate of drug-likeness (QED) is 0.763. The number of carbonyl (C=O) groups excluding carboxylic acids is 1. The van der Waals surface area contributed by atoms with Crippen molar-refractivity contribution in [2.45, 2.75) is 25.6 Å². The summed E-state index contributed by atoms with van der Waals surface area (Å²) in [7, 11) is 0. The van der Waals surface area contributed by atoms with Gasteiger partial charge in [0.25, 0.3) is 0 Å². The summed E-state index contributed by atoms with van der Waals surface area (Å²) >= 11 is 0. The number of hydrogen-bond donors (Lipinski definition) is 2. The van der Waals surface area contributed by atoms with Crippen LogP contribution in [-0.2, 0) is 9.53 Å². The Morgan fingerprint density at radius 1 is 1.45 bits per heavy atom. The van der Waals surface area contributed by atoms with Crippen LogP contribution in [0.4, 0.5) is 0 Å². The van der Waals surface area contributed by atoms with Crippen LogP contribution in [0.2, 0.25) is 0 Å². The first-order chi connectivity index (χ1) is 10.6. The highest BCUT2D eigenvalue weighted by Gasteiger charge is 2.33. The lowest BCUT2D eigenvalue weighted by Crippen LogP contribution is -2.49. The fourth-order valence-corrected chi connectivity index (χ4v) is 2.50. The lowest BCUT2D eigenvalue weighted by molar-refractivity contribution is -0.138. The van der Waals surface area contributed by atoms with Crippen molar-refractivity contribution in [1.29, 1.82) is 0 Å². The van der Waals surface area contributed by atoms with E-state index in [0.29, 0.717) is 25.5 Å². The topological polar surface area (TPSA) is 83.1 Å². The lowest BCUT2D eigenvalue weighted by Gasteiger charge is -2.35. The van der Waals surface area contributed by atoms with E-state index in [1.54, 1.807) is 29.4 Å². The Hall–Kier alpha value is -1.63. The van der Waals surface area contributed by atoms with E-state index in [-0.39, 0.29) is 18.4 Å². The average Bonchev–Trinajstić information content (AvgIpc) is 3.02. The predicted octanol–water partition coefficient (Wildman–Crippen LogP) is 0.900. The molecule has 0 unspecified atom stereocenters. The summed E-state index contributed by atoms with van der Waals surface area (Å²) in [6.07, 6.45) is 3.68. The van der Waals surface area contributed by atoms with E-state index in [1.807, 2.05) is 6.92 Å². The molecule has 0 aromatic carbocycles. The van der Waals surface area contributed by atoms with Crippen molar-refractivity contribution in [3.63, 3.8) is 0 Å². The fourth-order valence-electron chi connectivity index (χ4n) is 2.50. The second-order valence-corrected chi connectivity index (χ2v) is 5.49. The summed E-state index contributed by atoms with van der Waals surface area (Å²) in [5.41, 5.74) is 0. The lowest BCUT2D eigenvalue weighted by atomic mass is 9.96. The third-order valence-corrected chi connectivity index (χ3v) is 3.69. The van der Waals surface area contributed by atoms with Crippen molar-refractivity contribution in [2.75, 3.05) is 26.3 Å². The smallest absolute Gasteiger partial charge is 0.246 e. The van der Waals surface area contributed by atoms with Crippen LogP contribution in [-0.4, -0.2) is 59.5 Å². The molecule has 6 nitrogen and oxygen atoms in total. The zero-order valence-electron chi connectivity index (χ0n) is 12.7. The van der Waals surface area contributed by atoms with E-state index >= 15 is 0 Å². The number of nitrogens with zero attached hydrogens (tertiary/aromatic N) is 1. The van der Waals surface area contributed by atoms with Gasteiger partial charge in [-0.05, 0) is 24.6 Å². The molecule has 0 spiro atoms. The molecule has 1 fully saturated rings. The number of ether oxygens (including phenoxy) is 1. The number of hydrogen-bond acceptors (Lipinski definition) is 5. The van der Waals surface area contributed by atoms with Gasteiger partial charge in [0, 0.05) is 25.1 Å². The molecule has 1 aromatic rings.